The van der Waals surface area contributed by atoms with Crippen molar-refractivity contribution in [3.05, 3.63) is 23.3 Å². The van der Waals surface area contributed by atoms with Gasteiger partial charge in [0.2, 0.25) is 10.0 Å². The van der Waals surface area contributed by atoms with Gasteiger partial charge in [-0.2, -0.15) is 0 Å². The molecule has 21 heavy (non-hydrogen) atoms. The highest BCUT2D eigenvalue weighted by Gasteiger charge is 2.29. The Hall–Kier alpha value is -1.11. The van der Waals surface area contributed by atoms with Crippen LogP contribution in [0.5, 0.6) is 0 Å². The second-order valence-electron chi connectivity index (χ2n) is 6.10. The van der Waals surface area contributed by atoms with Gasteiger partial charge in [-0.3, -0.25) is 0 Å². The minimum absolute atomic E-state index is 0.0273. The Bertz CT molecular complexity index is 628. The van der Waals surface area contributed by atoms with E-state index in [-0.39, 0.29) is 10.9 Å². The van der Waals surface area contributed by atoms with E-state index in [4.69, 9.17) is 5.73 Å². The molecule has 1 aliphatic rings. The fraction of sp³-hybridized carbons (Fsp3) is 0.600. The molecular formula is C15H25N3O2S. The number of rotatable bonds is 3. The second kappa shape index (κ2) is 5.94. The van der Waals surface area contributed by atoms with E-state index in [1.807, 2.05) is 13.0 Å². The van der Waals surface area contributed by atoms with Crippen LogP contribution in [0.3, 0.4) is 0 Å². The third-order valence-electron chi connectivity index (χ3n) is 4.51. The molecule has 5 nitrogen and oxygen atoms in total. The van der Waals surface area contributed by atoms with Crippen LogP contribution in [0.25, 0.3) is 0 Å². The first-order chi connectivity index (χ1) is 9.72. The molecule has 0 aromatic heterocycles. The minimum Gasteiger partial charge on any atom is -0.398 e. The molecule has 3 N–H and O–H groups in total. The lowest BCUT2D eigenvalue weighted by Crippen LogP contribution is -2.47. The number of likely N-dealkylation sites (tertiary alicyclic amines) is 1. The average molecular weight is 311 g/mol. The Labute approximate surface area is 127 Å². The van der Waals surface area contributed by atoms with Crippen LogP contribution in [-0.4, -0.2) is 39.0 Å². The molecule has 0 aliphatic carbocycles. The van der Waals surface area contributed by atoms with Crippen molar-refractivity contribution in [2.75, 3.05) is 19.3 Å². The van der Waals surface area contributed by atoms with Gasteiger partial charge in [0.05, 0.1) is 5.69 Å². The number of anilines is 1. The number of nitrogens with zero attached hydrogens (tertiary/aromatic N) is 1. The van der Waals surface area contributed by atoms with Gasteiger partial charge in [0, 0.05) is 12.1 Å². The molecule has 1 saturated heterocycles. The van der Waals surface area contributed by atoms with Gasteiger partial charge in [-0.1, -0.05) is 6.07 Å². The summed E-state index contributed by atoms with van der Waals surface area (Å²) in [6, 6.07) is 3.86. The number of sulfonamides is 1. The molecule has 1 fully saturated rings. The molecule has 1 aromatic carbocycles. The molecule has 2 rings (SSSR count). The number of nitrogens with one attached hydrogen (secondary N) is 1. The molecule has 6 heteroatoms. The summed E-state index contributed by atoms with van der Waals surface area (Å²) >= 11 is 0. The molecule has 2 atom stereocenters. The third-order valence-corrected chi connectivity index (χ3v) is 6.23. The molecule has 0 amide bonds. The molecule has 0 spiro atoms. The lowest BCUT2D eigenvalue weighted by atomic mass is 10.0. The Morgan fingerprint density at radius 3 is 2.62 bits per heavy atom. The SMILES string of the molecule is Cc1ccc(N)c(S(=O)(=O)NC2CCN(C)C(C)C2)c1C. The number of benzene rings is 1. The zero-order valence-corrected chi connectivity index (χ0v) is 14.0. The van der Waals surface area contributed by atoms with Crippen molar-refractivity contribution in [3.8, 4) is 0 Å². The minimum atomic E-state index is -3.58. The standard InChI is InChI=1S/C15H25N3O2S/c1-10-5-6-14(16)15(12(10)3)21(19,20)17-13-7-8-18(4)11(2)9-13/h5-6,11,13,17H,7-9,16H2,1-4H3. The van der Waals surface area contributed by atoms with Crippen molar-refractivity contribution in [3.63, 3.8) is 0 Å². The summed E-state index contributed by atoms with van der Waals surface area (Å²) in [4.78, 5) is 2.48. The van der Waals surface area contributed by atoms with E-state index in [9.17, 15) is 8.42 Å². The Balaban J connectivity index is 2.26. The second-order valence-corrected chi connectivity index (χ2v) is 7.75. The number of hydrogen-bond acceptors (Lipinski definition) is 4. The number of nitrogen functional groups attached to an aromatic ring is 1. The highest BCUT2D eigenvalue weighted by Crippen LogP contribution is 2.26. The van der Waals surface area contributed by atoms with Gasteiger partial charge in [0.1, 0.15) is 4.90 Å². The van der Waals surface area contributed by atoms with Crippen LogP contribution >= 0.6 is 0 Å². The fourth-order valence-corrected chi connectivity index (χ4v) is 4.56. The first-order valence-corrected chi connectivity index (χ1v) is 8.79. The van der Waals surface area contributed by atoms with E-state index in [0.29, 0.717) is 11.7 Å². The normalized spacial score (nSPS) is 24.2. The number of nitrogens with two attached hydrogens (primary N) is 1. The molecule has 118 valence electrons. The summed E-state index contributed by atoms with van der Waals surface area (Å²) in [5, 5.41) is 0. The van der Waals surface area contributed by atoms with Gasteiger partial charge >= 0.3 is 0 Å². The molecule has 0 radical (unpaired) electrons. The Morgan fingerprint density at radius 2 is 2.00 bits per heavy atom. The topological polar surface area (TPSA) is 75.4 Å². The molecule has 1 aliphatic heterocycles. The maximum absolute atomic E-state index is 12.7. The molecule has 1 heterocycles. The molecule has 2 unspecified atom stereocenters. The Morgan fingerprint density at radius 1 is 1.33 bits per heavy atom. The predicted molar refractivity (Wildman–Crippen MR) is 85.8 cm³/mol. The van der Waals surface area contributed by atoms with E-state index in [1.54, 1.807) is 13.0 Å². The van der Waals surface area contributed by atoms with E-state index in [1.165, 1.54) is 0 Å². The zero-order chi connectivity index (χ0) is 15.8. The average Bonchev–Trinajstić information content (AvgIpc) is 2.38. The number of hydrogen-bond donors (Lipinski definition) is 2. The maximum Gasteiger partial charge on any atom is 0.243 e. The quantitative estimate of drug-likeness (QED) is 0.832. The first-order valence-electron chi connectivity index (χ1n) is 7.30. The van der Waals surface area contributed by atoms with Gasteiger partial charge in [-0.25, -0.2) is 13.1 Å². The molecule has 1 aromatic rings. The largest absolute Gasteiger partial charge is 0.398 e. The van der Waals surface area contributed by atoms with Crippen LogP contribution in [-0.2, 0) is 10.0 Å². The van der Waals surface area contributed by atoms with Crippen molar-refractivity contribution < 1.29 is 8.42 Å². The fourth-order valence-electron chi connectivity index (χ4n) is 2.84. The summed E-state index contributed by atoms with van der Waals surface area (Å²) in [5.41, 5.74) is 7.87. The van der Waals surface area contributed by atoms with Crippen LogP contribution in [0.1, 0.15) is 30.9 Å². The van der Waals surface area contributed by atoms with E-state index >= 15 is 0 Å². The van der Waals surface area contributed by atoms with E-state index in [0.717, 1.165) is 30.5 Å². The third kappa shape index (κ3) is 3.39. The summed E-state index contributed by atoms with van der Waals surface area (Å²) in [6.07, 6.45) is 1.64. The van der Waals surface area contributed by atoms with Crippen LogP contribution in [0.4, 0.5) is 5.69 Å². The van der Waals surface area contributed by atoms with Gasteiger partial charge in [-0.15, -0.1) is 0 Å². The summed E-state index contributed by atoms with van der Waals surface area (Å²) < 4.78 is 28.2. The number of aryl methyl sites for hydroxylation is 1. The smallest absolute Gasteiger partial charge is 0.243 e. The summed E-state index contributed by atoms with van der Waals surface area (Å²) in [5.74, 6) is 0. The summed E-state index contributed by atoms with van der Waals surface area (Å²) in [7, 11) is -1.51. The van der Waals surface area contributed by atoms with Gasteiger partial charge in [0.25, 0.3) is 0 Å². The van der Waals surface area contributed by atoms with Crippen LogP contribution in [0, 0.1) is 13.8 Å². The predicted octanol–water partition coefficient (Wildman–Crippen LogP) is 1.65. The highest BCUT2D eigenvalue weighted by atomic mass is 32.2. The van der Waals surface area contributed by atoms with Crippen molar-refractivity contribution in [2.45, 2.75) is 50.6 Å². The number of piperidine rings is 1. The van der Waals surface area contributed by atoms with E-state index < -0.39 is 10.0 Å². The maximum atomic E-state index is 12.7. The monoisotopic (exact) mass is 311 g/mol. The Kier molecular flexibility index (Phi) is 4.60. The van der Waals surface area contributed by atoms with Crippen molar-refractivity contribution in [1.82, 2.24) is 9.62 Å². The van der Waals surface area contributed by atoms with Gasteiger partial charge in [-0.05, 0) is 64.4 Å². The van der Waals surface area contributed by atoms with Crippen molar-refractivity contribution in [1.29, 1.82) is 0 Å². The summed E-state index contributed by atoms with van der Waals surface area (Å²) in [6.45, 7) is 6.71. The molecular weight excluding hydrogens is 286 g/mol. The zero-order valence-electron chi connectivity index (χ0n) is 13.2. The van der Waals surface area contributed by atoms with Crippen molar-refractivity contribution in [2.24, 2.45) is 0 Å². The first kappa shape index (κ1) is 16.3. The van der Waals surface area contributed by atoms with Gasteiger partial charge in [0.15, 0.2) is 0 Å². The van der Waals surface area contributed by atoms with Gasteiger partial charge < -0.3 is 10.6 Å². The lowest BCUT2D eigenvalue weighted by Gasteiger charge is -2.35. The van der Waals surface area contributed by atoms with Crippen LogP contribution < -0.4 is 10.5 Å². The molecule has 0 saturated carbocycles. The van der Waals surface area contributed by atoms with Crippen LogP contribution in [0.15, 0.2) is 17.0 Å². The lowest BCUT2D eigenvalue weighted by molar-refractivity contribution is 0.178. The van der Waals surface area contributed by atoms with E-state index in [2.05, 4.69) is 23.6 Å². The van der Waals surface area contributed by atoms with Crippen molar-refractivity contribution >= 4 is 15.7 Å². The molecule has 0 bridgehead atoms. The van der Waals surface area contributed by atoms with Crippen LogP contribution in [0.2, 0.25) is 0 Å². The highest BCUT2D eigenvalue weighted by molar-refractivity contribution is 7.89.